The van der Waals surface area contributed by atoms with Crippen LogP contribution in [-0.2, 0) is 4.79 Å². The van der Waals surface area contributed by atoms with Gasteiger partial charge in [0.15, 0.2) is 6.61 Å². The highest BCUT2D eigenvalue weighted by Crippen LogP contribution is 2.20. The smallest absolute Gasteiger partial charge is 0.270 e. The fraction of sp³-hybridized carbons (Fsp3) is 0.211. The minimum Gasteiger partial charge on any atom is -0.484 e. The van der Waals surface area contributed by atoms with E-state index in [1.165, 1.54) is 29.8 Å². The van der Waals surface area contributed by atoms with Crippen LogP contribution in [0.25, 0.3) is 11.5 Å². The third-order valence-electron chi connectivity index (χ3n) is 3.69. The number of carbonyl (C=O) groups excluding carboxylic acids is 1. The van der Waals surface area contributed by atoms with Gasteiger partial charge in [0.05, 0.1) is 0 Å². The fourth-order valence-corrected chi connectivity index (χ4v) is 2.24. The van der Waals surface area contributed by atoms with Crippen molar-refractivity contribution in [2.45, 2.75) is 19.8 Å². The average molecular weight is 355 g/mol. The van der Waals surface area contributed by atoms with Gasteiger partial charge in [-0.2, -0.15) is 4.98 Å². The van der Waals surface area contributed by atoms with E-state index in [4.69, 9.17) is 9.26 Å². The summed E-state index contributed by atoms with van der Waals surface area (Å²) in [6.45, 7) is 4.03. The molecule has 6 nitrogen and oxygen atoms in total. The molecule has 0 radical (unpaired) electrons. The van der Waals surface area contributed by atoms with Crippen molar-refractivity contribution in [3.8, 4) is 17.2 Å². The second kappa shape index (κ2) is 7.77. The lowest BCUT2D eigenvalue weighted by Crippen LogP contribution is -2.20. The molecule has 1 aromatic heterocycles. The minimum absolute atomic E-state index is 0.0214. The molecule has 0 unspecified atom stereocenters. The number of benzene rings is 2. The summed E-state index contributed by atoms with van der Waals surface area (Å²) < 4.78 is 23.4. The van der Waals surface area contributed by atoms with Crippen LogP contribution >= 0.6 is 0 Å². The predicted molar refractivity (Wildman–Crippen MR) is 94.3 cm³/mol. The molecule has 1 heterocycles. The van der Waals surface area contributed by atoms with Crippen molar-refractivity contribution in [1.29, 1.82) is 0 Å². The molecule has 0 aliphatic heterocycles. The van der Waals surface area contributed by atoms with E-state index in [9.17, 15) is 9.18 Å². The van der Waals surface area contributed by atoms with Crippen LogP contribution in [0.1, 0.15) is 25.3 Å². The normalized spacial score (nSPS) is 10.8. The Hall–Kier alpha value is -3.22. The van der Waals surface area contributed by atoms with Crippen LogP contribution in [0.15, 0.2) is 53.1 Å². The van der Waals surface area contributed by atoms with Gasteiger partial charge in [0, 0.05) is 5.56 Å². The third-order valence-corrected chi connectivity index (χ3v) is 3.69. The Morgan fingerprint density at radius 2 is 1.85 bits per heavy atom. The summed E-state index contributed by atoms with van der Waals surface area (Å²) in [7, 11) is 0. The van der Waals surface area contributed by atoms with Gasteiger partial charge in [0.25, 0.3) is 17.7 Å². The molecule has 0 aliphatic rings. The molecule has 134 valence electrons. The first-order valence-electron chi connectivity index (χ1n) is 8.13. The SMILES string of the molecule is CC(C)c1ccc(OCC(=O)Nc2noc(-c3ccc(F)cc3)n2)cc1. The Morgan fingerprint density at radius 1 is 1.15 bits per heavy atom. The molecule has 0 bridgehead atoms. The van der Waals surface area contributed by atoms with E-state index in [1.54, 1.807) is 0 Å². The molecule has 1 N–H and O–H groups in total. The molecule has 7 heteroatoms. The van der Waals surface area contributed by atoms with Gasteiger partial charge < -0.3 is 9.26 Å². The number of nitrogens with one attached hydrogen (secondary N) is 1. The standard InChI is InChI=1S/C19H18FN3O3/c1-12(2)13-5-9-16(10-6-13)25-11-17(24)21-19-22-18(26-23-19)14-3-7-15(20)8-4-14/h3-10,12H,11H2,1-2H3,(H,21,23,24). The maximum atomic E-state index is 12.9. The first-order chi connectivity index (χ1) is 12.5. The maximum Gasteiger partial charge on any atom is 0.270 e. The number of carbonyl (C=O) groups is 1. The zero-order valence-corrected chi connectivity index (χ0v) is 14.4. The van der Waals surface area contributed by atoms with E-state index >= 15 is 0 Å². The van der Waals surface area contributed by atoms with E-state index in [0.717, 1.165) is 0 Å². The zero-order valence-electron chi connectivity index (χ0n) is 14.4. The number of halogens is 1. The Bertz CT molecular complexity index is 874. The minimum atomic E-state index is -0.413. The molecule has 0 spiro atoms. The highest BCUT2D eigenvalue weighted by molar-refractivity contribution is 5.90. The van der Waals surface area contributed by atoms with E-state index in [0.29, 0.717) is 17.2 Å². The summed E-state index contributed by atoms with van der Waals surface area (Å²) in [5.41, 5.74) is 1.75. The van der Waals surface area contributed by atoms with Crippen molar-refractivity contribution in [2.75, 3.05) is 11.9 Å². The van der Waals surface area contributed by atoms with Crippen LogP contribution in [0.2, 0.25) is 0 Å². The van der Waals surface area contributed by atoms with Gasteiger partial charge in [-0.25, -0.2) is 4.39 Å². The van der Waals surface area contributed by atoms with Crippen LogP contribution in [0.4, 0.5) is 10.3 Å². The van der Waals surface area contributed by atoms with E-state index in [1.807, 2.05) is 24.3 Å². The summed E-state index contributed by atoms with van der Waals surface area (Å²) in [5.74, 6) is 0.467. The number of aromatic nitrogens is 2. The second-order valence-corrected chi connectivity index (χ2v) is 5.99. The van der Waals surface area contributed by atoms with E-state index in [2.05, 4.69) is 29.3 Å². The van der Waals surface area contributed by atoms with Crippen molar-refractivity contribution in [3.05, 3.63) is 59.9 Å². The monoisotopic (exact) mass is 355 g/mol. The summed E-state index contributed by atoms with van der Waals surface area (Å²) >= 11 is 0. The zero-order chi connectivity index (χ0) is 18.5. The molecule has 2 aromatic carbocycles. The summed E-state index contributed by atoms with van der Waals surface area (Å²) in [4.78, 5) is 16.0. The predicted octanol–water partition coefficient (Wildman–Crippen LogP) is 4.02. The van der Waals surface area contributed by atoms with Gasteiger partial charge in [0.2, 0.25) is 0 Å². The molecule has 3 rings (SSSR count). The lowest BCUT2D eigenvalue weighted by Gasteiger charge is -2.08. The molecule has 26 heavy (non-hydrogen) atoms. The lowest BCUT2D eigenvalue weighted by atomic mass is 10.0. The van der Waals surface area contributed by atoms with Crippen LogP contribution in [-0.4, -0.2) is 22.7 Å². The first kappa shape index (κ1) is 17.6. The Morgan fingerprint density at radius 3 is 2.50 bits per heavy atom. The van der Waals surface area contributed by atoms with Crippen LogP contribution in [0.5, 0.6) is 5.75 Å². The molecule has 0 aliphatic carbocycles. The Labute approximate surface area is 150 Å². The second-order valence-electron chi connectivity index (χ2n) is 5.99. The highest BCUT2D eigenvalue weighted by Gasteiger charge is 2.12. The van der Waals surface area contributed by atoms with Gasteiger partial charge in [-0.15, -0.1) is 0 Å². The maximum absolute atomic E-state index is 12.9. The molecule has 0 fully saturated rings. The third kappa shape index (κ3) is 4.44. The number of hydrogen-bond acceptors (Lipinski definition) is 5. The van der Waals surface area contributed by atoms with Gasteiger partial charge in [-0.1, -0.05) is 26.0 Å². The number of rotatable bonds is 6. The number of hydrogen-bond donors (Lipinski definition) is 1. The van der Waals surface area contributed by atoms with Crippen LogP contribution in [0, 0.1) is 5.82 Å². The van der Waals surface area contributed by atoms with Crippen molar-refractivity contribution < 1.29 is 18.4 Å². The molecular weight excluding hydrogens is 337 g/mol. The first-order valence-corrected chi connectivity index (χ1v) is 8.13. The summed E-state index contributed by atoms with van der Waals surface area (Å²) in [5, 5.41) is 6.16. The fourth-order valence-electron chi connectivity index (χ4n) is 2.24. The molecule has 1 amide bonds. The topological polar surface area (TPSA) is 77.2 Å². The summed E-state index contributed by atoms with van der Waals surface area (Å²) in [6, 6.07) is 13.2. The number of amides is 1. The van der Waals surface area contributed by atoms with Crippen molar-refractivity contribution in [1.82, 2.24) is 10.1 Å². The quantitative estimate of drug-likeness (QED) is 0.723. The average Bonchev–Trinajstić information content (AvgIpc) is 3.09. The van der Waals surface area contributed by atoms with Crippen LogP contribution < -0.4 is 10.1 Å². The van der Waals surface area contributed by atoms with Gasteiger partial charge in [-0.3, -0.25) is 10.1 Å². The van der Waals surface area contributed by atoms with Gasteiger partial charge in [-0.05, 0) is 53.0 Å². The largest absolute Gasteiger partial charge is 0.484 e. The number of nitrogens with zero attached hydrogens (tertiary/aromatic N) is 2. The Kier molecular flexibility index (Phi) is 5.26. The Balaban J connectivity index is 1.54. The molecule has 3 aromatic rings. The summed E-state index contributed by atoms with van der Waals surface area (Å²) in [6.07, 6.45) is 0. The van der Waals surface area contributed by atoms with Gasteiger partial charge in [0.1, 0.15) is 11.6 Å². The highest BCUT2D eigenvalue weighted by atomic mass is 19.1. The van der Waals surface area contributed by atoms with Crippen molar-refractivity contribution >= 4 is 11.9 Å². The molecule has 0 atom stereocenters. The van der Waals surface area contributed by atoms with Crippen molar-refractivity contribution in [3.63, 3.8) is 0 Å². The lowest BCUT2D eigenvalue weighted by molar-refractivity contribution is -0.118. The van der Waals surface area contributed by atoms with Crippen LogP contribution in [0.3, 0.4) is 0 Å². The van der Waals surface area contributed by atoms with E-state index in [-0.39, 0.29) is 24.3 Å². The molecule has 0 saturated carbocycles. The molecule has 0 saturated heterocycles. The number of ether oxygens (including phenoxy) is 1. The van der Waals surface area contributed by atoms with Crippen molar-refractivity contribution in [2.24, 2.45) is 0 Å². The molecular formula is C19H18FN3O3. The number of anilines is 1. The van der Waals surface area contributed by atoms with Gasteiger partial charge >= 0.3 is 0 Å². The van der Waals surface area contributed by atoms with E-state index < -0.39 is 5.91 Å².